The number of aliphatic hydroxyl groups is 2. The summed E-state index contributed by atoms with van der Waals surface area (Å²) in [7, 11) is 0. The number of benzene rings is 2. The first-order valence-electron chi connectivity index (χ1n) is 11.0. The van der Waals surface area contributed by atoms with Gasteiger partial charge in [-0.25, -0.2) is 9.78 Å². The van der Waals surface area contributed by atoms with Gasteiger partial charge in [0.25, 0.3) is 0 Å². The quantitative estimate of drug-likeness (QED) is 0.280. The van der Waals surface area contributed by atoms with E-state index >= 15 is 0 Å². The number of aliphatic hydroxyl groups excluding tert-OH is 1. The fraction of sp³-hybridized carbons (Fsp3) is 0.360. The molecular weight excluding hydrogens is 460 g/mol. The van der Waals surface area contributed by atoms with Crippen LogP contribution in [0.2, 0.25) is 5.15 Å². The van der Waals surface area contributed by atoms with Crippen molar-refractivity contribution in [2.24, 2.45) is 0 Å². The highest BCUT2D eigenvalue weighted by Crippen LogP contribution is 2.28. The second-order valence-electron chi connectivity index (χ2n) is 7.94. The summed E-state index contributed by atoms with van der Waals surface area (Å²) in [6.07, 6.45) is -3.11. The van der Waals surface area contributed by atoms with E-state index in [-0.39, 0.29) is 24.3 Å². The van der Waals surface area contributed by atoms with E-state index in [9.17, 15) is 15.0 Å². The minimum absolute atomic E-state index is 0.0623. The molecule has 2 aromatic carbocycles. The summed E-state index contributed by atoms with van der Waals surface area (Å²) in [4.78, 5) is 16.9. The lowest BCUT2D eigenvalue weighted by Gasteiger charge is -2.22. The van der Waals surface area contributed by atoms with E-state index in [0.29, 0.717) is 23.6 Å². The van der Waals surface area contributed by atoms with Crippen LogP contribution in [0.15, 0.2) is 48.5 Å². The number of pyridine rings is 1. The predicted molar refractivity (Wildman–Crippen MR) is 130 cm³/mol. The molecule has 0 fully saturated rings. The number of nitrogens with zero attached hydrogens (tertiary/aromatic N) is 1. The molecule has 0 aliphatic heterocycles. The van der Waals surface area contributed by atoms with Gasteiger partial charge in [0.2, 0.25) is 0 Å². The van der Waals surface area contributed by atoms with Gasteiger partial charge in [0.05, 0.1) is 23.9 Å². The first kappa shape index (κ1) is 25.7. The van der Waals surface area contributed by atoms with Crippen LogP contribution >= 0.6 is 11.6 Å². The zero-order chi connectivity index (χ0) is 24.7. The molecule has 3 N–H and O–H groups in total. The molecule has 34 heavy (non-hydrogen) atoms. The third-order valence-electron chi connectivity index (χ3n) is 4.91. The number of carbonyl (C=O) groups is 1. The van der Waals surface area contributed by atoms with Crippen molar-refractivity contribution >= 4 is 34.3 Å². The van der Waals surface area contributed by atoms with E-state index in [0.717, 1.165) is 16.5 Å². The van der Waals surface area contributed by atoms with Crippen LogP contribution in [0.3, 0.4) is 0 Å². The fourth-order valence-corrected chi connectivity index (χ4v) is 3.62. The summed E-state index contributed by atoms with van der Waals surface area (Å²) in [6.45, 7) is 5.80. The zero-order valence-electron chi connectivity index (χ0n) is 19.3. The first-order valence-corrected chi connectivity index (χ1v) is 11.4. The Morgan fingerprint density at radius 1 is 1.15 bits per heavy atom. The normalized spacial score (nSPS) is 12.2. The Bertz CT molecular complexity index is 1120. The Hall–Kier alpha value is -2.91. The molecular formula is C25H29ClN2O6. The van der Waals surface area contributed by atoms with Gasteiger partial charge in [-0.2, -0.15) is 0 Å². The second-order valence-corrected chi connectivity index (χ2v) is 8.29. The number of nitrogens with one attached hydrogen (secondary N) is 1. The van der Waals surface area contributed by atoms with Crippen LogP contribution in [0, 0.1) is 0 Å². The van der Waals surface area contributed by atoms with Crippen LogP contribution in [-0.4, -0.2) is 46.4 Å². The standard InChI is InChI=1S/C25H29ClN2O6/c1-4-32-21-10-9-16(12-22(24(29)30)34-15(2)3)11-20(21)28-25(31)33-14-18-13-17-7-5-6-8-19(17)27-23(18)26/h5-11,13,15,22,24,29-30H,4,12,14H2,1-3H3,(H,28,31). The topological polar surface area (TPSA) is 110 Å². The fourth-order valence-electron chi connectivity index (χ4n) is 3.42. The van der Waals surface area contributed by atoms with Gasteiger partial charge in [-0.15, -0.1) is 0 Å². The van der Waals surface area contributed by atoms with Crippen molar-refractivity contribution < 1.29 is 29.2 Å². The van der Waals surface area contributed by atoms with Crippen molar-refractivity contribution in [1.82, 2.24) is 4.98 Å². The number of anilines is 1. The Balaban J connectivity index is 1.72. The van der Waals surface area contributed by atoms with E-state index in [4.69, 9.17) is 25.8 Å². The molecule has 1 atom stereocenters. The number of hydrogen-bond acceptors (Lipinski definition) is 7. The zero-order valence-corrected chi connectivity index (χ0v) is 20.1. The van der Waals surface area contributed by atoms with Gasteiger partial charge in [0.1, 0.15) is 23.6 Å². The number of carbonyl (C=O) groups excluding carboxylic acids is 1. The Morgan fingerprint density at radius 2 is 1.91 bits per heavy atom. The smallest absolute Gasteiger partial charge is 0.412 e. The summed E-state index contributed by atoms with van der Waals surface area (Å²) in [6, 6.07) is 14.5. The molecule has 1 heterocycles. The third-order valence-corrected chi connectivity index (χ3v) is 5.23. The Kier molecular flexibility index (Phi) is 9.06. The van der Waals surface area contributed by atoms with Crippen LogP contribution in [0.1, 0.15) is 31.9 Å². The second kappa shape index (κ2) is 12.0. The number of hydrogen-bond donors (Lipinski definition) is 3. The van der Waals surface area contributed by atoms with Crippen molar-refractivity contribution in [1.29, 1.82) is 0 Å². The average Bonchev–Trinajstić information content (AvgIpc) is 2.78. The first-order chi connectivity index (χ1) is 16.3. The summed E-state index contributed by atoms with van der Waals surface area (Å²) in [5.41, 5.74) is 2.45. The van der Waals surface area contributed by atoms with Crippen LogP contribution < -0.4 is 10.1 Å². The number of rotatable bonds is 10. The van der Waals surface area contributed by atoms with Crippen molar-refractivity contribution in [3.8, 4) is 5.75 Å². The van der Waals surface area contributed by atoms with E-state index in [1.165, 1.54) is 0 Å². The molecule has 0 aliphatic carbocycles. The monoisotopic (exact) mass is 488 g/mol. The lowest BCUT2D eigenvalue weighted by molar-refractivity contribution is -0.157. The molecule has 0 spiro atoms. The highest BCUT2D eigenvalue weighted by atomic mass is 35.5. The van der Waals surface area contributed by atoms with Gasteiger partial charge in [0, 0.05) is 17.4 Å². The van der Waals surface area contributed by atoms with Crippen molar-refractivity contribution in [3.05, 3.63) is 64.8 Å². The molecule has 3 rings (SSSR count). The summed E-state index contributed by atoms with van der Waals surface area (Å²) in [5, 5.41) is 23.1. The average molecular weight is 489 g/mol. The van der Waals surface area contributed by atoms with Crippen LogP contribution in [0.4, 0.5) is 10.5 Å². The van der Waals surface area contributed by atoms with Gasteiger partial charge >= 0.3 is 6.09 Å². The largest absolute Gasteiger partial charge is 0.492 e. The minimum Gasteiger partial charge on any atom is -0.492 e. The van der Waals surface area contributed by atoms with E-state index in [1.807, 2.05) is 51.1 Å². The molecule has 0 saturated heterocycles. The molecule has 182 valence electrons. The van der Waals surface area contributed by atoms with E-state index in [2.05, 4.69) is 10.3 Å². The van der Waals surface area contributed by atoms with Gasteiger partial charge in [-0.3, -0.25) is 5.32 Å². The van der Waals surface area contributed by atoms with Crippen LogP contribution in [-0.2, 0) is 22.5 Å². The molecule has 1 amide bonds. The van der Waals surface area contributed by atoms with E-state index < -0.39 is 18.5 Å². The summed E-state index contributed by atoms with van der Waals surface area (Å²) < 4.78 is 16.6. The van der Waals surface area contributed by atoms with Gasteiger partial charge in [-0.1, -0.05) is 35.9 Å². The van der Waals surface area contributed by atoms with Gasteiger partial charge in [-0.05, 0) is 50.6 Å². The Labute approximate surface area is 203 Å². The van der Waals surface area contributed by atoms with Crippen molar-refractivity contribution in [2.75, 3.05) is 11.9 Å². The number of fused-ring (bicyclic) bond motifs is 1. The molecule has 0 bridgehead atoms. The van der Waals surface area contributed by atoms with E-state index in [1.54, 1.807) is 18.2 Å². The molecule has 8 nitrogen and oxygen atoms in total. The highest BCUT2D eigenvalue weighted by molar-refractivity contribution is 6.30. The molecule has 1 aromatic heterocycles. The Morgan fingerprint density at radius 3 is 2.62 bits per heavy atom. The third kappa shape index (κ3) is 7.04. The molecule has 9 heteroatoms. The summed E-state index contributed by atoms with van der Waals surface area (Å²) in [5.74, 6) is 0.458. The number of ether oxygens (including phenoxy) is 3. The van der Waals surface area contributed by atoms with Crippen LogP contribution in [0.25, 0.3) is 10.9 Å². The maximum Gasteiger partial charge on any atom is 0.412 e. The highest BCUT2D eigenvalue weighted by Gasteiger charge is 2.21. The number of aromatic nitrogens is 1. The van der Waals surface area contributed by atoms with Crippen LogP contribution in [0.5, 0.6) is 5.75 Å². The number of amides is 1. The minimum atomic E-state index is -1.64. The predicted octanol–water partition coefficient (Wildman–Crippen LogP) is 4.68. The maximum atomic E-state index is 12.5. The SMILES string of the molecule is CCOc1ccc(CC(OC(C)C)C(O)O)cc1NC(=O)OCc1cc2ccccc2nc1Cl. The number of para-hydroxylation sites is 1. The van der Waals surface area contributed by atoms with Crippen molar-refractivity contribution in [2.45, 2.75) is 52.3 Å². The molecule has 0 aliphatic rings. The van der Waals surface area contributed by atoms with Gasteiger partial charge in [0.15, 0.2) is 6.29 Å². The lowest BCUT2D eigenvalue weighted by atomic mass is 10.1. The lowest BCUT2D eigenvalue weighted by Crippen LogP contribution is -2.33. The maximum absolute atomic E-state index is 12.5. The molecule has 0 radical (unpaired) electrons. The van der Waals surface area contributed by atoms with Gasteiger partial charge < -0.3 is 24.4 Å². The molecule has 0 saturated carbocycles. The molecule has 3 aromatic rings. The summed E-state index contributed by atoms with van der Waals surface area (Å²) >= 11 is 6.25. The van der Waals surface area contributed by atoms with Crippen molar-refractivity contribution in [3.63, 3.8) is 0 Å². The molecule has 1 unspecified atom stereocenters. The number of halogens is 1.